The summed E-state index contributed by atoms with van der Waals surface area (Å²) in [5, 5.41) is 0.337. The largest absolute Gasteiger partial charge is 0.469 e. The Kier molecular flexibility index (Phi) is 7.67. The molecule has 7 atom stereocenters. The van der Waals surface area contributed by atoms with Crippen LogP contribution in [0.5, 0.6) is 0 Å². The minimum Gasteiger partial charge on any atom is -0.469 e. The van der Waals surface area contributed by atoms with Gasteiger partial charge in [0.05, 0.1) is 43.3 Å². The van der Waals surface area contributed by atoms with E-state index < -0.39 is 39.9 Å². The van der Waals surface area contributed by atoms with E-state index in [0.29, 0.717) is 29.7 Å². The first-order chi connectivity index (χ1) is 15.5. The Morgan fingerprint density at radius 1 is 1.21 bits per heavy atom. The van der Waals surface area contributed by atoms with Crippen LogP contribution in [-0.4, -0.2) is 70.6 Å². The Morgan fingerprint density at radius 3 is 2.48 bits per heavy atom. The van der Waals surface area contributed by atoms with Crippen LogP contribution in [0.2, 0.25) is 0 Å². The second-order valence-corrected chi connectivity index (χ2v) is 10.8. The molecule has 0 spiro atoms. The fourth-order valence-electron chi connectivity index (χ4n) is 5.89. The predicted molar refractivity (Wildman–Crippen MR) is 116 cm³/mol. The van der Waals surface area contributed by atoms with Crippen molar-refractivity contribution in [1.82, 2.24) is 5.06 Å². The maximum atomic E-state index is 12.0. The van der Waals surface area contributed by atoms with E-state index in [2.05, 4.69) is 11.2 Å². The van der Waals surface area contributed by atoms with E-state index in [1.165, 1.54) is 20.6 Å². The van der Waals surface area contributed by atoms with Crippen LogP contribution < -0.4 is 0 Å². The minimum atomic E-state index is -3.92. The lowest BCUT2D eigenvalue weighted by atomic mass is 9.76. The number of carbonyl (C=O) groups excluding carboxylic acids is 3. The SMILES string of the molecule is COC(=O)CC1C(C)C2CCC1(OC)C2.COC1C=CCC2C(=O)N(OS(C)(=O)=O)C(=O)C12. The van der Waals surface area contributed by atoms with Crippen molar-refractivity contribution < 1.29 is 41.3 Å². The van der Waals surface area contributed by atoms with E-state index >= 15 is 0 Å². The first-order valence-electron chi connectivity index (χ1n) is 11.1. The summed E-state index contributed by atoms with van der Waals surface area (Å²) in [7, 11) is 0.749. The third-order valence-corrected chi connectivity index (χ3v) is 8.03. The number of hydroxylamine groups is 2. The number of carbonyl (C=O) groups is 3. The van der Waals surface area contributed by atoms with Gasteiger partial charge in [-0.25, -0.2) is 0 Å². The number of ether oxygens (including phenoxy) is 3. The van der Waals surface area contributed by atoms with Gasteiger partial charge in [0, 0.05) is 20.1 Å². The molecule has 7 unspecified atom stereocenters. The van der Waals surface area contributed by atoms with E-state index in [4.69, 9.17) is 14.2 Å². The zero-order valence-electron chi connectivity index (χ0n) is 19.7. The van der Waals surface area contributed by atoms with Crippen molar-refractivity contribution in [3.8, 4) is 0 Å². The number of nitrogens with zero attached hydrogens (tertiary/aromatic N) is 1. The van der Waals surface area contributed by atoms with Crippen molar-refractivity contribution in [2.45, 2.75) is 50.7 Å². The lowest BCUT2D eigenvalue weighted by Crippen LogP contribution is -2.39. The number of hydrogen-bond donors (Lipinski definition) is 0. The molecular formula is C22H33NO9S. The second kappa shape index (κ2) is 9.81. The Morgan fingerprint density at radius 2 is 1.91 bits per heavy atom. The molecule has 2 amide bonds. The highest BCUT2D eigenvalue weighted by Gasteiger charge is 2.57. The van der Waals surface area contributed by atoms with E-state index in [0.717, 1.165) is 25.0 Å². The van der Waals surface area contributed by atoms with Gasteiger partial charge in [0.25, 0.3) is 21.9 Å². The van der Waals surface area contributed by atoms with E-state index in [-0.39, 0.29) is 11.6 Å². The Balaban J connectivity index is 0.000000189. The normalized spacial score (nSPS) is 37.1. The highest BCUT2D eigenvalue weighted by atomic mass is 32.2. The molecule has 0 aromatic heterocycles. The summed E-state index contributed by atoms with van der Waals surface area (Å²) in [6.45, 7) is 2.25. The van der Waals surface area contributed by atoms with Crippen LogP contribution in [0.3, 0.4) is 0 Å². The average Bonchev–Trinajstić information content (AvgIpc) is 3.40. The van der Waals surface area contributed by atoms with Gasteiger partial charge in [-0.2, -0.15) is 8.42 Å². The zero-order valence-corrected chi connectivity index (χ0v) is 20.5. The number of amides is 2. The minimum absolute atomic E-state index is 0.0295. The molecule has 2 saturated carbocycles. The van der Waals surface area contributed by atoms with Crippen LogP contribution >= 0.6 is 0 Å². The Labute approximate surface area is 194 Å². The second-order valence-electron chi connectivity index (χ2n) is 9.26. The fraction of sp³-hybridized carbons (Fsp3) is 0.773. The molecule has 3 aliphatic carbocycles. The van der Waals surface area contributed by atoms with Crippen LogP contribution in [-0.2, 0) is 43.0 Å². The van der Waals surface area contributed by atoms with Crippen molar-refractivity contribution >= 4 is 27.9 Å². The third-order valence-electron chi connectivity index (χ3n) is 7.61. The fourth-order valence-corrected chi connectivity index (χ4v) is 6.31. The predicted octanol–water partition coefficient (Wildman–Crippen LogP) is 1.45. The molecule has 11 heteroatoms. The molecule has 4 aliphatic rings. The molecule has 4 rings (SSSR count). The zero-order chi connectivity index (χ0) is 24.6. The van der Waals surface area contributed by atoms with Gasteiger partial charge in [-0.05, 0) is 37.5 Å². The quantitative estimate of drug-likeness (QED) is 0.311. The van der Waals surface area contributed by atoms with Gasteiger partial charge in [0.1, 0.15) is 0 Å². The van der Waals surface area contributed by atoms with Gasteiger partial charge in [-0.15, -0.1) is 9.35 Å². The smallest absolute Gasteiger partial charge is 0.305 e. The van der Waals surface area contributed by atoms with Crippen LogP contribution in [0.1, 0.15) is 39.0 Å². The number of rotatable bonds is 6. The van der Waals surface area contributed by atoms with Gasteiger partial charge >= 0.3 is 5.97 Å². The molecule has 33 heavy (non-hydrogen) atoms. The van der Waals surface area contributed by atoms with Gasteiger partial charge in [-0.1, -0.05) is 19.1 Å². The summed E-state index contributed by atoms with van der Waals surface area (Å²) in [6.07, 6.45) is 8.07. The summed E-state index contributed by atoms with van der Waals surface area (Å²) in [6, 6.07) is 0. The standard InChI is InChI=1S/C12H20O3.C10H13NO6S/c1-8-9-4-5-12(7-9,15-3)10(8)6-11(13)14-2;1-16-7-5-3-4-6-8(7)10(13)11(9(6)12)17-18(2,14)15/h8-10H,4-7H2,1-3H3;3,5-8H,4H2,1-2H3. The molecule has 1 heterocycles. The van der Waals surface area contributed by atoms with E-state index in [1.54, 1.807) is 19.3 Å². The summed E-state index contributed by atoms with van der Waals surface area (Å²) in [5.74, 6) is -1.04. The van der Waals surface area contributed by atoms with Crippen LogP contribution in [0.4, 0.5) is 0 Å². The number of fused-ring (bicyclic) bond motifs is 3. The molecule has 0 radical (unpaired) electrons. The average molecular weight is 488 g/mol. The molecule has 186 valence electrons. The van der Waals surface area contributed by atoms with Gasteiger partial charge in [0.15, 0.2) is 0 Å². The van der Waals surface area contributed by atoms with Crippen LogP contribution in [0, 0.1) is 29.6 Å². The summed E-state index contributed by atoms with van der Waals surface area (Å²) in [4.78, 5) is 35.3. The van der Waals surface area contributed by atoms with Crippen LogP contribution in [0.25, 0.3) is 0 Å². The number of methoxy groups -OCH3 is 3. The van der Waals surface area contributed by atoms with E-state index in [9.17, 15) is 22.8 Å². The molecular weight excluding hydrogens is 454 g/mol. The van der Waals surface area contributed by atoms with Crippen molar-refractivity contribution in [3.05, 3.63) is 12.2 Å². The van der Waals surface area contributed by atoms with Crippen molar-refractivity contribution in [2.24, 2.45) is 29.6 Å². The van der Waals surface area contributed by atoms with Crippen LogP contribution in [0.15, 0.2) is 12.2 Å². The number of hydrogen-bond acceptors (Lipinski definition) is 9. The number of imide groups is 1. The number of allylic oxidation sites excluding steroid dienone is 1. The van der Waals surface area contributed by atoms with Crippen molar-refractivity contribution in [2.75, 3.05) is 27.6 Å². The van der Waals surface area contributed by atoms with Crippen molar-refractivity contribution in [3.63, 3.8) is 0 Å². The van der Waals surface area contributed by atoms with Crippen molar-refractivity contribution in [1.29, 1.82) is 0 Å². The van der Waals surface area contributed by atoms with Gasteiger partial charge in [0.2, 0.25) is 0 Å². The lowest BCUT2D eigenvalue weighted by molar-refractivity contribution is -0.166. The first-order valence-corrected chi connectivity index (χ1v) is 12.9. The lowest BCUT2D eigenvalue weighted by Gasteiger charge is -2.36. The third kappa shape index (κ3) is 5.01. The van der Waals surface area contributed by atoms with Gasteiger partial charge in [-0.3, -0.25) is 14.4 Å². The monoisotopic (exact) mass is 487 g/mol. The van der Waals surface area contributed by atoms with E-state index in [1.807, 2.05) is 0 Å². The molecule has 1 aliphatic heterocycles. The molecule has 0 aromatic rings. The summed E-state index contributed by atoms with van der Waals surface area (Å²) < 4.78 is 42.1. The Bertz CT molecular complexity index is 917. The van der Waals surface area contributed by atoms with Gasteiger partial charge < -0.3 is 14.2 Å². The molecule has 0 N–H and O–H groups in total. The Hall–Kier alpha value is -1.82. The molecule has 3 fully saturated rings. The highest BCUT2D eigenvalue weighted by Crippen LogP contribution is 2.57. The highest BCUT2D eigenvalue weighted by molar-refractivity contribution is 7.85. The molecule has 1 saturated heterocycles. The summed E-state index contributed by atoms with van der Waals surface area (Å²) >= 11 is 0. The molecule has 0 aromatic carbocycles. The summed E-state index contributed by atoms with van der Waals surface area (Å²) in [5.41, 5.74) is -0.0295. The number of esters is 1. The molecule has 10 nitrogen and oxygen atoms in total. The maximum absolute atomic E-state index is 12.0. The topological polar surface area (TPSA) is 126 Å². The first kappa shape index (κ1) is 25.8. The maximum Gasteiger partial charge on any atom is 0.305 e. The molecule has 2 bridgehead atoms.